The molecule has 3 rings (SSSR count). The molecule has 0 saturated heterocycles. The first-order valence-electron chi connectivity index (χ1n) is 8.25. The minimum Gasteiger partial charge on any atom is -0.484 e. The van der Waals surface area contributed by atoms with Crippen molar-refractivity contribution >= 4 is 5.91 Å². The summed E-state index contributed by atoms with van der Waals surface area (Å²) in [4.78, 5) is 17.7. The van der Waals surface area contributed by atoms with Crippen LogP contribution in [0.2, 0.25) is 0 Å². The third-order valence-electron chi connectivity index (χ3n) is 3.82. The summed E-state index contributed by atoms with van der Waals surface area (Å²) in [6.07, 6.45) is -4.48. The molecule has 6 nitrogen and oxygen atoms in total. The quantitative estimate of drug-likeness (QED) is 0.640. The molecule has 0 aliphatic heterocycles. The average molecular weight is 391 g/mol. The zero-order valence-corrected chi connectivity index (χ0v) is 14.8. The van der Waals surface area contributed by atoms with E-state index in [9.17, 15) is 18.0 Å². The van der Waals surface area contributed by atoms with Gasteiger partial charge in [-0.1, -0.05) is 41.6 Å². The van der Waals surface area contributed by atoms with Crippen LogP contribution in [0.3, 0.4) is 0 Å². The number of halogens is 3. The average Bonchev–Trinajstić information content (AvgIpc) is 3.15. The number of carbonyl (C=O) groups excluding carboxylic acids is 1. The van der Waals surface area contributed by atoms with Crippen LogP contribution in [0.15, 0.2) is 59.1 Å². The third-order valence-corrected chi connectivity index (χ3v) is 3.82. The molecule has 0 unspecified atom stereocenters. The van der Waals surface area contributed by atoms with Crippen LogP contribution in [0.4, 0.5) is 13.2 Å². The molecule has 1 aromatic heterocycles. The van der Waals surface area contributed by atoms with Crippen molar-refractivity contribution in [1.82, 2.24) is 15.0 Å². The number of ether oxygens (including phenoxy) is 1. The second-order valence-corrected chi connectivity index (χ2v) is 5.94. The van der Waals surface area contributed by atoms with Gasteiger partial charge in [-0.25, -0.2) is 0 Å². The van der Waals surface area contributed by atoms with Crippen LogP contribution < -0.4 is 4.74 Å². The minimum absolute atomic E-state index is 0.0410. The Kier molecular flexibility index (Phi) is 5.62. The molecule has 1 heterocycles. The number of amides is 1. The van der Waals surface area contributed by atoms with Gasteiger partial charge in [0.2, 0.25) is 11.7 Å². The Labute approximate surface area is 158 Å². The van der Waals surface area contributed by atoms with Crippen molar-refractivity contribution in [3.63, 3.8) is 0 Å². The highest BCUT2D eigenvalue weighted by Crippen LogP contribution is 2.31. The Morgan fingerprint density at radius 1 is 1.14 bits per heavy atom. The van der Waals surface area contributed by atoms with E-state index in [4.69, 9.17) is 9.26 Å². The highest BCUT2D eigenvalue weighted by molar-refractivity contribution is 5.77. The second kappa shape index (κ2) is 8.12. The number of rotatable bonds is 6. The monoisotopic (exact) mass is 391 g/mol. The van der Waals surface area contributed by atoms with Gasteiger partial charge in [-0.3, -0.25) is 4.79 Å². The largest absolute Gasteiger partial charge is 0.484 e. The molecule has 0 aliphatic rings. The van der Waals surface area contributed by atoms with E-state index in [-0.39, 0.29) is 18.2 Å². The van der Waals surface area contributed by atoms with Crippen LogP contribution in [0.5, 0.6) is 5.75 Å². The maximum Gasteiger partial charge on any atom is 0.416 e. The molecular weight excluding hydrogens is 375 g/mol. The maximum absolute atomic E-state index is 12.7. The predicted molar refractivity (Wildman–Crippen MR) is 93.1 cm³/mol. The lowest BCUT2D eigenvalue weighted by Gasteiger charge is -2.15. The van der Waals surface area contributed by atoms with E-state index >= 15 is 0 Å². The number of likely N-dealkylation sites (N-methyl/N-ethyl adjacent to an activating group) is 1. The molecule has 0 spiro atoms. The number of benzene rings is 2. The van der Waals surface area contributed by atoms with Gasteiger partial charge in [0.05, 0.1) is 12.1 Å². The summed E-state index contributed by atoms with van der Waals surface area (Å²) in [5.74, 6) is 0.142. The summed E-state index contributed by atoms with van der Waals surface area (Å²) in [7, 11) is 1.50. The van der Waals surface area contributed by atoms with Crippen molar-refractivity contribution in [1.29, 1.82) is 0 Å². The first kappa shape index (κ1) is 19.4. The van der Waals surface area contributed by atoms with Crippen LogP contribution in [0.25, 0.3) is 11.4 Å². The number of aromatic nitrogens is 2. The van der Waals surface area contributed by atoms with Gasteiger partial charge >= 0.3 is 6.18 Å². The Bertz CT molecular complexity index is 942. The van der Waals surface area contributed by atoms with Crippen molar-refractivity contribution in [2.24, 2.45) is 0 Å². The number of nitrogens with zero attached hydrogens (tertiary/aromatic N) is 3. The normalized spacial score (nSPS) is 11.3. The number of alkyl halides is 3. The van der Waals surface area contributed by atoms with E-state index in [0.29, 0.717) is 5.82 Å². The molecule has 0 radical (unpaired) electrons. The highest BCUT2D eigenvalue weighted by atomic mass is 19.4. The molecule has 9 heteroatoms. The summed E-state index contributed by atoms with van der Waals surface area (Å²) < 4.78 is 48.4. The molecule has 0 atom stereocenters. The van der Waals surface area contributed by atoms with E-state index in [0.717, 1.165) is 17.7 Å². The van der Waals surface area contributed by atoms with Crippen LogP contribution in [0, 0.1) is 0 Å². The predicted octanol–water partition coefficient (Wildman–Crippen LogP) is 3.79. The van der Waals surface area contributed by atoms with Gasteiger partial charge in [0, 0.05) is 12.6 Å². The molecule has 1 amide bonds. The Morgan fingerprint density at radius 2 is 1.89 bits per heavy atom. The van der Waals surface area contributed by atoms with Gasteiger partial charge < -0.3 is 14.2 Å². The zero-order valence-electron chi connectivity index (χ0n) is 14.8. The minimum atomic E-state index is -4.48. The molecule has 0 bridgehead atoms. The number of hydrogen-bond acceptors (Lipinski definition) is 5. The Hall–Kier alpha value is -3.36. The van der Waals surface area contributed by atoms with E-state index < -0.39 is 24.3 Å². The van der Waals surface area contributed by atoms with Crippen molar-refractivity contribution in [3.8, 4) is 17.1 Å². The molecular formula is C19H16F3N3O3. The molecule has 146 valence electrons. The highest BCUT2D eigenvalue weighted by Gasteiger charge is 2.30. The van der Waals surface area contributed by atoms with Gasteiger partial charge in [-0.05, 0) is 18.2 Å². The molecule has 0 saturated carbocycles. The topological polar surface area (TPSA) is 68.5 Å². The fraction of sp³-hybridized carbons (Fsp3) is 0.211. The maximum atomic E-state index is 12.7. The molecule has 0 aliphatic carbocycles. The van der Waals surface area contributed by atoms with E-state index in [1.165, 1.54) is 24.1 Å². The third kappa shape index (κ3) is 4.87. The fourth-order valence-electron chi connectivity index (χ4n) is 2.33. The Balaban J connectivity index is 1.56. The summed E-state index contributed by atoms with van der Waals surface area (Å²) in [6.45, 7) is -0.373. The molecule has 2 aromatic carbocycles. The van der Waals surface area contributed by atoms with E-state index in [2.05, 4.69) is 10.1 Å². The number of hydrogen-bond donors (Lipinski definition) is 0. The van der Waals surface area contributed by atoms with E-state index in [1.807, 2.05) is 30.3 Å². The molecule has 0 N–H and O–H groups in total. The van der Waals surface area contributed by atoms with Crippen LogP contribution in [0.1, 0.15) is 11.5 Å². The molecule has 28 heavy (non-hydrogen) atoms. The lowest BCUT2D eigenvalue weighted by molar-refractivity contribution is -0.137. The summed E-state index contributed by atoms with van der Waals surface area (Å²) in [5, 5.41) is 3.86. The number of carbonyl (C=O) groups is 1. The summed E-state index contributed by atoms with van der Waals surface area (Å²) in [5.41, 5.74) is -0.0653. The van der Waals surface area contributed by atoms with Gasteiger partial charge in [0.25, 0.3) is 5.91 Å². The van der Waals surface area contributed by atoms with Crippen molar-refractivity contribution in [2.75, 3.05) is 13.7 Å². The molecule has 0 fully saturated rings. The first-order chi connectivity index (χ1) is 13.3. The van der Waals surface area contributed by atoms with Crippen molar-refractivity contribution < 1.29 is 27.2 Å². The zero-order chi connectivity index (χ0) is 20.1. The Morgan fingerprint density at radius 3 is 2.61 bits per heavy atom. The van der Waals surface area contributed by atoms with Crippen LogP contribution in [-0.2, 0) is 17.5 Å². The standard InChI is InChI=1S/C19H16F3N3O3/c1-25(11-16-23-18(24-28-16)13-6-3-2-4-7-13)17(26)12-27-15-9-5-8-14(10-15)19(20,21)22/h2-10H,11-12H2,1H3. The van der Waals surface area contributed by atoms with Crippen molar-refractivity contribution in [2.45, 2.75) is 12.7 Å². The first-order valence-corrected chi connectivity index (χ1v) is 8.25. The summed E-state index contributed by atoms with van der Waals surface area (Å²) in [6, 6.07) is 13.5. The lowest BCUT2D eigenvalue weighted by atomic mass is 10.2. The van der Waals surface area contributed by atoms with Crippen LogP contribution in [-0.4, -0.2) is 34.6 Å². The smallest absolute Gasteiger partial charge is 0.416 e. The summed E-state index contributed by atoms with van der Waals surface area (Å²) >= 11 is 0. The van der Waals surface area contributed by atoms with Crippen LogP contribution >= 0.6 is 0 Å². The van der Waals surface area contributed by atoms with Gasteiger partial charge in [-0.2, -0.15) is 18.2 Å². The fourth-order valence-corrected chi connectivity index (χ4v) is 2.33. The van der Waals surface area contributed by atoms with Gasteiger partial charge in [0.1, 0.15) is 5.75 Å². The van der Waals surface area contributed by atoms with Gasteiger partial charge in [0.15, 0.2) is 6.61 Å². The van der Waals surface area contributed by atoms with Gasteiger partial charge in [-0.15, -0.1) is 0 Å². The van der Waals surface area contributed by atoms with E-state index in [1.54, 1.807) is 0 Å². The SMILES string of the molecule is CN(Cc1nc(-c2ccccc2)no1)C(=O)COc1cccc(C(F)(F)F)c1. The molecule has 3 aromatic rings. The van der Waals surface area contributed by atoms with Crippen molar-refractivity contribution in [3.05, 3.63) is 66.1 Å². The lowest BCUT2D eigenvalue weighted by Crippen LogP contribution is -2.31. The second-order valence-electron chi connectivity index (χ2n) is 5.94.